The lowest BCUT2D eigenvalue weighted by molar-refractivity contribution is 0.0864. The van der Waals surface area contributed by atoms with E-state index in [1.807, 2.05) is 0 Å². The van der Waals surface area contributed by atoms with Crippen molar-refractivity contribution < 1.29 is 25.8 Å². The fraction of sp³-hybridized carbons (Fsp3) is 0.571. The van der Waals surface area contributed by atoms with Crippen molar-refractivity contribution in [1.29, 1.82) is 0 Å². The lowest BCUT2D eigenvalue weighted by atomic mass is 9.84. The number of halogens is 3. The Hall–Kier alpha value is -1.24. The summed E-state index contributed by atoms with van der Waals surface area (Å²) in [7, 11) is -4.99. The van der Waals surface area contributed by atoms with Gasteiger partial charge in [0, 0.05) is 0 Å². The Labute approximate surface area is 122 Å². The van der Waals surface area contributed by atoms with E-state index < -0.39 is 22.0 Å². The summed E-state index contributed by atoms with van der Waals surface area (Å²) >= 11 is 0. The molecule has 0 bridgehead atoms. The number of hydrogen-bond donors (Lipinski definition) is 0. The summed E-state index contributed by atoms with van der Waals surface area (Å²) in [6.07, 6.45) is 1.30. The second-order valence-electron chi connectivity index (χ2n) is 5.13. The largest absolute Gasteiger partial charge is 0.380 e. The number of alkyl halides is 3. The van der Waals surface area contributed by atoms with Crippen molar-refractivity contribution in [3.05, 3.63) is 29.8 Å². The Kier molecular flexibility index (Phi) is 5.13. The summed E-state index contributed by atoms with van der Waals surface area (Å²) in [5, 5.41) is 0. The van der Waals surface area contributed by atoms with Gasteiger partial charge in [-0.3, -0.25) is 0 Å². The minimum Gasteiger partial charge on any atom is -0.380 e. The molecule has 7 heteroatoms. The zero-order valence-electron chi connectivity index (χ0n) is 11.3. The average molecular weight is 322 g/mol. The smallest absolute Gasteiger partial charge is 0.347 e. The molecule has 0 spiro atoms. The maximum atomic E-state index is 13.1. The second-order valence-corrected chi connectivity index (χ2v) is 6.74. The third-order valence-corrected chi connectivity index (χ3v) is 4.81. The van der Waals surface area contributed by atoms with Crippen LogP contribution in [0.5, 0.6) is 5.75 Å². The van der Waals surface area contributed by atoms with Crippen molar-refractivity contribution in [3.8, 4) is 5.75 Å². The van der Waals surface area contributed by atoms with Gasteiger partial charge in [-0.1, -0.05) is 37.5 Å². The molecule has 0 radical (unpaired) electrons. The van der Waals surface area contributed by atoms with Crippen molar-refractivity contribution in [3.63, 3.8) is 0 Å². The van der Waals surface area contributed by atoms with E-state index in [4.69, 9.17) is 0 Å². The van der Waals surface area contributed by atoms with Gasteiger partial charge in [-0.25, -0.2) is 13.2 Å². The summed E-state index contributed by atoms with van der Waals surface area (Å²) in [5.74, 6) is 0.0717. The minimum absolute atomic E-state index is 0.0484. The van der Waals surface area contributed by atoms with Crippen LogP contribution in [-0.2, 0) is 10.1 Å². The molecule has 0 heterocycles. The van der Waals surface area contributed by atoms with E-state index in [9.17, 15) is 21.6 Å². The molecule has 2 rings (SSSR count). The first kappa shape index (κ1) is 16.1. The molecule has 118 valence electrons. The molecule has 1 saturated carbocycles. The number of para-hydroxylation sites is 1. The third-order valence-electron chi connectivity index (χ3n) is 3.64. The molecule has 0 aliphatic heterocycles. The van der Waals surface area contributed by atoms with Crippen LogP contribution in [0.4, 0.5) is 13.2 Å². The van der Waals surface area contributed by atoms with Crippen LogP contribution in [0, 0.1) is 0 Å². The quantitative estimate of drug-likeness (QED) is 0.770. The maximum absolute atomic E-state index is 13.1. The molecule has 21 heavy (non-hydrogen) atoms. The van der Waals surface area contributed by atoms with Crippen molar-refractivity contribution >= 4 is 10.1 Å². The van der Waals surface area contributed by atoms with Crippen molar-refractivity contribution in [2.45, 2.75) is 50.0 Å². The van der Waals surface area contributed by atoms with Gasteiger partial charge in [-0.15, -0.1) is 0 Å². The second kappa shape index (κ2) is 6.68. The van der Waals surface area contributed by atoms with Gasteiger partial charge >= 0.3 is 10.1 Å². The van der Waals surface area contributed by atoms with Gasteiger partial charge in [0.25, 0.3) is 11.9 Å². The molecule has 0 saturated heterocycles. The molecule has 0 aromatic heterocycles. The molecule has 1 fully saturated rings. The standard InChI is InChI=1S/C14H17F3O3S/c15-13(16)14(17)21(18,19)20-12-9-5-4-8-11(12)10-6-2-1-3-7-10/h4-5,8-10,13-14H,1-3,6-7H2. The van der Waals surface area contributed by atoms with Gasteiger partial charge in [0.15, 0.2) is 0 Å². The van der Waals surface area contributed by atoms with E-state index >= 15 is 0 Å². The van der Waals surface area contributed by atoms with Gasteiger partial charge in [-0.2, -0.15) is 8.42 Å². The first-order chi connectivity index (χ1) is 9.92. The zero-order valence-corrected chi connectivity index (χ0v) is 12.2. The Morgan fingerprint density at radius 2 is 1.67 bits per heavy atom. The van der Waals surface area contributed by atoms with Crippen molar-refractivity contribution in [1.82, 2.24) is 0 Å². The normalized spacial score (nSPS) is 18.7. The fourth-order valence-electron chi connectivity index (χ4n) is 2.60. The number of rotatable bonds is 5. The molecule has 1 atom stereocenters. The monoisotopic (exact) mass is 322 g/mol. The predicted octanol–water partition coefficient (Wildman–Crippen LogP) is 4.00. The summed E-state index contributed by atoms with van der Waals surface area (Å²) < 4.78 is 65.2. The molecule has 0 amide bonds. The summed E-state index contributed by atoms with van der Waals surface area (Å²) in [6.45, 7) is 0. The van der Waals surface area contributed by atoms with Crippen LogP contribution in [0.2, 0.25) is 0 Å². The summed E-state index contributed by atoms with van der Waals surface area (Å²) in [4.78, 5) is 0. The summed E-state index contributed by atoms with van der Waals surface area (Å²) in [5.41, 5.74) is -2.70. The van der Waals surface area contributed by atoms with Gasteiger partial charge in [0.1, 0.15) is 5.75 Å². The SMILES string of the molecule is O=S(=O)(Oc1ccccc1C1CCCCC1)C(F)C(F)F. The Morgan fingerprint density at radius 1 is 1.05 bits per heavy atom. The molecule has 1 aromatic carbocycles. The van der Waals surface area contributed by atoms with Crippen molar-refractivity contribution in [2.75, 3.05) is 0 Å². The molecular formula is C14H17F3O3S. The first-order valence-corrected chi connectivity index (χ1v) is 8.33. The maximum Gasteiger partial charge on any atom is 0.347 e. The first-order valence-electron chi connectivity index (χ1n) is 6.86. The molecular weight excluding hydrogens is 305 g/mol. The van der Waals surface area contributed by atoms with Gasteiger partial charge in [0.05, 0.1) is 0 Å². The van der Waals surface area contributed by atoms with Crippen LogP contribution in [0.3, 0.4) is 0 Å². The molecule has 1 unspecified atom stereocenters. The number of hydrogen-bond acceptors (Lipinski definition) is 3. The predicted molar refractivity (Wildman–Crippen MR) is 72.7 cm³/mol. The highest BCUT2D eigenvalue weighted by Gasteiger charge is 2.37. The van der Waals surface area contributed by atoms with Crippen LogP contribution >= 0.6 is 0 Å². The molecule has 1 aliphatic rings. The average Bonchev–Trinajstić information content (AvgIpc) is 2.47. The summed E-state index contributed by atoms with van der Waals surface area (Å²) in [6, 6.07) is 6.34. The highest BCUT2D eigenvalue weighted by Crippen LogP contribution is 2.38. The minimum atomic E-state index is -4.99. The fourth-order valence-corrected chi connectivity index (χ4v) is 3.35. The Morgan fingerprint density at radius 3 is 2.29 bits per heavy atom. The zero-order chi connectivity index (χ0) is 15.5. The van der Waals surface area contributed by atoms with Crippen LogP contribution in [0.15, 0.2) is 24.3 Å². The lowest BCUT2D eigenvalue weighted by Crippen LogP contribution is -2.28. The van der Waals surface area contributed by atoms with E-state index in [1.54, 1.807) is 12.1 Å². The highest BCUT2D eigenvalue weighted by atomic mass is 32.2. The lowest BCUT2D eigenvalue weighted by Gasteiger charge is -2.24. The van der Waals surface area contributed by atoms with Crippen LogP contribution in [-0.4, -0.2) is 20.3 Å². The van der Waals surface area contributed by atoms with E-state index in [2.05, 4.69) is 4.18 Å². The Bertz CT molecular complexity index is 569. The third kappa shape index (κ3) is 3.90. The van der Waals surface area contributed by atoms with E-state index in [-0.39, 0.29) is 11.7 Å². The van der Waals surface area contributed by atoms with Gasteiger partial charge in [0.2, 0.25) is 0 Å². The van der Waals surface area contributed by atoms with E-state index in [0.29, 0.717) is 5.56 Å². The van der Waals surface area contributed by atoms with Crippen LogP contribution < -0.4 is 4.18 Å². The molecule has 0 N–H and O–H groups in total. The molecule has 3 nitrogen and oxygen atoms in total. The van der Waals surface area contributed by atoms with Gasteiger partial charge < -0.3 is 4.18 Å². The van der Waals surface area contributed by atoms with E-state index in [0.717, 1.165) is 32.1 Å². The molecule has 1 aliphatic carbocycles. The van der Waals surface area contributed by atoms with Crippen LogP contribution in [0.1, 0.15) is 43.6 Å². The Balaban J connectivity index is 2.24. The number of benzene rings is 1. The van der Waals surface area contributed by atoms with Gasteiger partial charge in [-0.05, 0) is 30.4 Å². The topological polar surface area (TPSA) is 43.4 Å². The van der Waals surface area contributed by atoms with E-state index in [1.165, 1.54) is 12.1 Å². The molecule has 1 aromatic rings. The van der Waals surface area contributed by atoms with Crippen LogP contribution in [0.25, 0.3) is 0 Å². The van der Waals surface area contributed by atoms with Crippen molar-refractivity contribution in [2.24, 2.45) is 0 Å². The highest BCUT2D eigenvalue weighted by molar-refractivity contribution is 7.87.